The molecule has 42 heavy (non-hydrogen) atoms. The van der Waals surface area contributed by atoms with Crippen LogP contribution in [-0.4, -0.2) is 79.7 Å². The third kappa shape index (κ3) is 6.92. The van der Waals surface area contributed by atoms with E-state index in [1.165, 1.54) is 0 Å². The predicted molar refractivity (Wildman–Crippen MR) is 159 cm³/mol. The van der Waals surface area contributed by atoms with Gasteiger partial charge in [0.2, 0.25) is 0 Å². The van der Waals surface area contributed by atoms with Gasteiger partial charge in [0, 0.05) is 44.7 Å². The number of rotatable bonds is 10. The Morgan fingerprint density at radius 2 is 1.86 bits per heavy atom. The van der Waals surface area contributed by atoms with Gasteiger partial charge in [0.25, 0.3) is 5.91 Å². The van der Waals surface area contributed by atoms with E-state index < -0.39 is 0 Å². The van der Waals surface area contributed by atoms with Crippen LogP contribution in [0.25, 0.3) is 11.3 Å². The van der Waals surface area contributed by atoms with Crippen LogP contribution in [0.5, 0.6) is 17.2 Å². The minimum Gasteiger partial charge on any atom is -0.487 e. The number of benzene rings is 2. The highest BCUT2D eigenvalue weighted by atomic mass is 16.6. The number of carbonyl (C=O) groups is 1. The Morgan fingerprint density at radius 1 is 1.00 bits per heavy atom. The lowest BCUT2D eigenvalue weighted by atomic mass is 10.1. The van der Waals surface area contributed by atoms with Gasteiger partial charge in [-0.1, -0.05) is 36.4 Å². The normalized spacial score (nSPS) is 17.1. The summed E-state index contributed by atoms with van der Waals surface area (Å²) in [4.78, 5) is 22.2. The third-order valence-corrected chi connectivity index (χ3v) is 7.59. The Balaban J connectivity index is 1.02. The summed E-state index contributed by atoms with van der Waals surface area (Å²) in [5.41, 5.74) is 2.65. The van der Waals surface area contributed by atoms with E-state index in [1.807, 2.05) is 66.7 Å². The summed E-state index contributed by atoms with van der Waals surface area (Å²) < 4.78 is 24.0. The van der Waals surface area contributed by atoms with Crippen molar-refractivity contribution in [1.82, 2.24) is 20.1 Å². The topological polar surface area (TPSA) is 89.3 Å². The first-order valence-corrected chi connectivity index (χ1v) is 14.4. The summed E-state index contributed by atoms with van der Waals surface area (Å²) in [6.07, 6.45) is 2.13. The number of carbonyl (C=O) groups excluding carboxylic acids is 1. The molecule has 1 fully saturated rings. The van der Waals surface area contributed by atoms with E-state index in [0.29, 0.717) is 36.2 Å². The molecule has 9 heteroatoms. The number of para-hydroxylation sites is 1. The van der Waals surface area contributed by atoms with Crippen LogP contribution in [0.1, 0.15) is 21.9 Å². The molecule has 2 aliphatic rings. The van der Waals surface area contributed by atoms with Gasteiger partial charge in [0.15, 0.2) is 17.3 Å². The largest absolute Gasteiger partial charge is 0.487 e. The van der Waals surface area contributed by atoms with Crippen molar-refractivity contribution < 1.29 is 23.4 Å². The zero-order valence-electron chi connectivity index (χ0n) is 23.8. The van der Waals surface area contributed by atoms with Crippen molar-refractivity contribution in [2.45, 2.75) is 19.1 Å². The average Bonchev–Trinajstić information content (AvgIpc) is 3.52. The third-order valence-electron chi connectivity index (χ3n) is 7.59. The second-order valence-electron chi connectivity index (χ2n) is 10.7. The maximum absolute atomic E-state index is 12.8. The number of hydrogen-bond acceptors (Lipinski definition) is 8. The molecule has 9 nitrogen and oxygen atoms in total. The second kappa shape index (κ2) is 13.1. The zero-order valence-corrected chi connectivity index (χ0v) is 23.8. The molecule has 0 aliphatic carbocycles. The minimum atomic E-state index is -0.359. The molecule has 0 bridgehead atoms. The van der Waals surface area contributed by atoms with E-state index in [4.69, 9.17) is 18.6 Å². The average molecular weight is 569 g/mol. The molecule has 1 amide bonds. The second-order valence-corrected chi connectivity index (χ2v) is 10.7. The molecular formula is C33H36N4O5. The molecule has 1 unspecified atom stereocenters. The maximum Gasteiger partial charge on any atom is 0.287 e. The van der Waals surface area contributed by atoms with Gasteiger partial charge < -0.3 is 33.7 Å². The van der Waals surface area contributed by atoms with Gasteiger partial charge in [-0.3, -0.25) is 9.78 Å². The van der Waals surface area contributed by atoms with Gasteiger partial charge in [0.05, 0.1) is 18.4 Å². The Hall–Kier alpha value is -4.34. The molecule has 218 valence electrons. The molecule has 1 saturated heterocycles. The van der Waals surface area contributed by atoms with Crippen LogP contribution in [0.4, 0.5) is 0 Å². The number of likely N-dealkylation sites (N-methyl/N-ethyl adjacent to an activating group) is 1. The van der Waals surface area contributed by atoms with E-state index in [2.05, 4.69) is 27.1 Å². The molecule has 4 heterocycles. The van der Waals surface area contributed by atoms with Crippen LogP contribution in [0.15, 0.2) is 83.4 Å². The maximum atomic E-state index is 12.8. The van der Waals surface area contributed by atoms with Crippen LogP contribution in [0, 0.1) is 0 Å². The summed E-state index contributed by atoms with van der Waals surface area (Å²) in [6, 6.07) is 23.2. The van der Waals surface area contributed by atoms with Crippen molar-refractivity contribution in [2.24, 2.45) is 0 Å². The number of amides is 1. The van der Waals surface area contributed by atoms with E-state index in [1.54, 1.807) is 12.3 Å². The van der Waals surface area contributed by atoms with E-state index >= 15 is 0 Å². The lowest BCUT2D eigenvalue weighted by Gasteiger charge is -2.32. The summed E-state index contributed by atoms with van der Waals surface area (Å²) in [6.45, 7) is 6.29. The van der Waals surface area contributed by atoms with Gasteiger partial charge >= 0.3 is 0 Å². The fraction of sp³-hybridized carbons (Fsp3) is 0.333. The van der Waals surface area contributed by atoms with E-state index in [-0.39, 0.29) is 18.6 Å². The molecule has 4 aromatic rings. The molecule has 0 radical (unpaired) electrons. The summed E-state index contributed by atoms with van der Waals surface area (Å²) >= 11 is 0. The molecule has 0 saturated carbocycles. The number of piperazine rings is 1. The smallest absolute Gasteiger partial charge is 0.287 e. The van der Waals surface area contributed by atoms with Gasteiger partial charge in [-0.15, -0.1) is 0 Å². The summed E-state index contributed by atoms with van der Waals surface area (Å²) in [7, 11) is 2.15. The molecule has 2 aliphatic heterocycles. The fourth-order valence-corrected chi connectivity index (χ4v) is 5.07. The number of nitrogens with one attached hydrogen (secondary N) is 1. The van der Waals surface area contributed by atoms with Crippen LogP contribution >= 0.6 is 0 Å². The summed E-state index contributed by atoms with van der Waals surface area (Å²) in [5.74, 6) is 2.80. The Labute approximate surface area is 246 Å². The lowest BCUT2D eigenvalue weighted by molar-refractivity contribution is 0.0775. The van der Waals surface area contributed by atoms with Crippen molar-refractivity contribution in [3.8, 4) is 28.5 Å². The molecule has 2 aromatic heterocycles. The van der Waals surface area contributed by atoms with Crippen LogP contribution < -0.4 is 19.5 Å². The van der Waals surface area contributed by atoms with Crippen molar-refractivity contribution in [2.75, 3.05) is 52.9 Å². The zero-order chi connectivity index (χ0) is 28.7. The molecule has 0 spiro atoms. The Morgan fingerprint density at radius 3 is 2.67 bits per heavy atom. The monoisotopic (exact) mass is 568 g/mol. The highest BCUT2D eigenvalue weighted by Gasteiger charge is 2.26. The minimum absolute atomic E-state index is 0.267. The quantitative estimate of drug-likeness (QED) is 0.303. The number of pyridine rings is 1. The van der Waals surface area contributed by atoms with Crippen LogP contribution in [0.3, 0.4) is 0 Å². The number of aromatic nitrogens is 1. The fourth-order valence-electron chi connectivity index (χ4n) is 5.07. The Kier molecular flexibility index (Phi) is 8.67. The van der Waals surface area contributed by atoms with Crippen LogP contribution in [-0.2, 0) is 13.0 Å². The molecular weight excluding hydrogens is 532 g/mol. The first-order valence-electron chi connectivity index (χ1n) is 14.4. The predicted octanol–water partition coefficient (Wildman–Crippen LogP) is 4.28. The number of furan rings is 1. The van der Waals surface area contributed by atoms with Crippen molar-refractivity contribution in [3.63, 3.8) is 0 Å². The SMILES string of the molecule is CN1CCN(CCc2ccc(C(=O)NCC3COc4cccc(-c5ccc(OCc6ccccc6)cn5)c4O3)o2)CC1. The molecule has 2 aromatic carbocycles. The van der Waals surface area contributed by atoms with Gasteiger partial charge in [-0.2, -0.15) is 0 Å². The number of ether oxygens (including phenoxy) is 3. The lowest BCUT2D eigenvalue weighted by Crippen LogP contribution is -2.45. The van der Waals surface area contributed by atoms with Crippen molar-refractivity contribution in [3.05, 3.63) is 96.1 Å². The van der Waals surface area contributed by atoms with Crippen molar-refractivity contribution in [1.29, 1.82) is 0 Å². The van der Waals surface area contributed by atoms with E-state index in [9.17, 15) is 4.79 Å². The van der Waals surface area contributed by atoms with Crippen LogP contribution in [0.2, 0.25) is 0 Å². The standard InChI is InChI=1S/C33H36N4O5/c1-36-16-18-37(19-17-36)15-14-25-11-13-31(41-25)33(38)35-21-27-23-40-30-9-5-8-28(32(30)42-27)29-12-10-26(20-34-29)39-22-24-6-3-2-4-7-24/h2-13,20,27H,14-19,21-23H2,1H3,(H,35,38). The molecule has 1 atom stereocenters. The molecule has 6 rings (SSSR count). The molecule has 1 N–H and O–H groups in total. The highest BCUT2D eigenvalue weighted by molar-refractivity contribution is 5.91. The summed E-state index contributed by atoms with van der Waals surface area (Å²) in [5, 5.41) is 2.93. The van der Waals surface area contributed by atoms with Gasteiger partial charge in [0.1, 0.15) is 30.8 Å². The number of hydrogen-bond donors (Lipinski definition) is 1. The highest BCUT2D eigenvalue weighted by Crippen LogP contribution is 2.40. The first kappa shape index (κ1) is 27.8. The van der Waals surface area contributed by atoms with Crippen molar-refractivity contribution >= 4 is 5.91 Å². The number of nitrogens with zero attached hydrogens (tertiary/aromatic N) is 3. The van der Waals surface area contributed by atoms with Gasteiger partial charge in [-0.05, 0) is 49.0 Å². The first-order chi connectivity index (χ1) is 20.6. The number of fused-ring (bicyclic) bond motifs is 1. The van der Waals surface area contributed by atoms with Gasteiger partial charge in [-0.25, -0.2) is 0 Å². The Bertz CT molecular complexity index is 1470. The van der Waals surface area contributed by atoms with E-state index in [0.717, 1.165) is 61.7 Å².